The number of carbonyl (C=O) groups excluding carboxylic acids is 1. The maximum Gasteiger partial charge on any atom is 0.307 e. The molecular formula is C14H27NO3. The van der Waals surface area contributed by atoms with Gasteiger partial charge in [-0.3, -0.25) is 4.79 Å². The van der Waals surface area contributed by atoms with E-state index in [1.54, 1.807) is 0 Å². The zero-order valence-electron chi connectivity index (χ0n) is 11.7. The third-order valence-electron chi connectivity index (χ3n) is 3.59. The fraction of sp³-hybridized carbons (Fsp3) is 0.929. The van der Waals surface area contributed by atoms with Gasteiger partial charge >= 0.3 is 5.97 Å². The van der Waals surface area contributed by atoms with Crippen LogP contribution in [0.15, 0.2) is 0 Å². The van der Waals surface area contributed by atoms with Gasteiger partial charge in [0.1, 0.15) is 0 Å². The largest absolute Gasteiger partial charge is 0.469 e. The van der Waals surface area contributed by atoms with Gasteiger partial charge in [-0.25, -0.2) is 0 Å². The summed E-state index contributed by atoms with van der Waals surface area (Å²) in [5.41, 5.74) is 0. The monoisotopic (exact) mass is 257 g/mol. The molecule has 1 aliphatic rings. The van der Waals surface area contributed by atoms with E-state index in [2.05, 4.69) is 17.0 Å². The topological polar surface area (TPSA) is 47.6 Å². The van der Waals surface area contributed by atoms with E-state index in [-0.39, 0.29) is 5.97 Å². The lowest BCUT2D eigenvalue weighted by Crippen LogP contribution is -2.33. The molecule has 0 heterocycles. The van der Waals surface area contributed by atoms with E-state index >= 15 is 0 Å². The predicted molar refractivity (Wildman–Crippen MR) is 71.5 cm³/mol. The molecular weight excluding hydrogens is 230 g/mol. The Hall–Kier alpha value is -0.610. The van der Waals surface area contributed by atoms with E-state index in [1.165, 1.54) is 32.8 Å². The van der Waals surface area contributed by atoms with E-state index in [1.807, 2.05) is 0 Å². The highest BCUT2D eigenvalue weighted by molar-refractivity contribution is 5.69. The van der Waals surface area contributed by atoms with Crippen LogP contribution in [-0.4, -0.2) is 38.9 Å². The number of esters is 1. The van der Waals surface area contributed by atoms with Crippen molar-refractivity contribution in [1.29, 1.82) is 0 Å². The molecule has 0 aromatic heterocycles. The van der Waals surface area contributed by atoms with Crippen LogP contribution >= 0.6 is 0 Å². The SMILES string of the molecule is COC(=O)CCOCCCNC1CCC(C)CC1. The molecule has 1 rings (SSSR count). The van der Waals surface area contributed by atoms with Crippen LogP contribution in [0.2, 0.25) is 0 Å². The van der Waals surface area contributed by atoms with Crippen molar-refractivity contribution in [2.24, 2.45) is 5.92 Å². The lowest BCUT2D eigenvalue weighted by atomic mass is 9.87. The fourth-order valence-corrected chi connectivity index (χ4v) is 2.30. The molecule has 1 N–H and O–H groups in total. The quantitative estimate of drug-likeness (QED) is 0.534. The summed E-state index contributed by atoms with van der Waals surface area (Å²) in [6.45, 7) is 4.53. The first-order chi connectivity index (χ1) is 8.72. The summed E-state index contributed by atoms with van der Waals surface area (Å²) in [4.78, 5) is 10.8. The average Bonchev–Trinajstić information content (AvgIpc) is 2.39. The Morgan fingerprint density at radius 2 is 1.94 bits per heavy atom. The van der Waals surface area contributed by atoms with Gasteiger partial charge in [-0.1, -0.05) is 6.92 Å². The van der Waals surface area contributed by atoms with Crippen molar-refractivity contribution in [2.45, 2.75) is 51.5 Å². The minimum absolute atomic E-state index is 0.204. The molecule has 0 amide bonds. The van der Waals surface area contributed by atoms with Crippen LogP contribution in [0.4, 0.5) is 0 Å². The molecule has 1 aliphatic carbocycles. The lowest BCUT2D eigenvalue weighted by Gasteiger charge is -2.27. The molecule has 1 saturated carbocycles. The molecule has 0 aromatic rings. The summed E-state index contributed by atoms with van der Waals surface area (Å²) < 4.78 is 9.91. The van der Waals surface area contributed by atoms with Crippen LogP contribution in [0.25, 0.3) is 0 Å². The molecule has 18 heavy (non-hydrogen) atoms. The summed E-state index contributed by atoms with van der Waals surface area (Å²) in [6, 6.07) is 0.705. The van der Waals surface area contributed by atoms with Gasteiger partial charge < -0.3 is 14.8 Å². The number of methoxy groups -OCH3 is 1. The minimum Gasteiger partial charge on any atom is -0.469 e. The number of rotatable bonds is 8. The first-order valence-electron chi connectivity index (χ1n) is 7.10. The summed E-state index contributed by atoms with van der Waals surface area (Å²) in [5.74, 6) is 0.703. The van der Waals surface area contributed by atoms with Gasteiger partial charge in [0.05, 0.1) is 20.1 Å². The Kier molecular flexibility index (Phi) is 8.01. The Labute approximate surface area is 110 Å². The van der Waals surface area contributed by atoms with Gasteiger partial charge in [0.15, 0.2) is 0 Å². The first-order valence-corrected chi connectivity index (χ1v) is 7.10. The van der Waals surface area contributed by atoms with E-state index in [0.29, 0.717) is 25.7 Å². The molecule has 0 saturated heterocycles. The molecule has 0 bridgehead atoms. The Bertz CT molecular complexity index is 225. The molecule has 4 nitrogen and oxygen atoms in total. The summed E-state index contributed by atoms with van der Waals surface area (Å²) in [5, 5.41) is 3.58. The van der Waals surface area contributed by atoms with Gasteiger partial charge in [-0.2, -0.15) is 0 Å². The molecule has 106 valence electrons. The van der Waals surface area contributed by atoms with Crippen LogP contribution in [-0.2, 0) is 14.3 Å². The van der Waals surface area contributed by atoms with Crippen molar-refractivity contribution in [2.75, 3.05) is 26.9 Å². The minimum atomic E-state index is -0.204. The van der Waals surface area contributed by atoms with Gasteiger partial charge in [-0.05, 0) is 44.6 Å². The second-order valence-corrected chi connectivity index (χ2v) is 5.20. The van der Waals surface area contributed by atoms with Gasteiger partial charge in [0, 0.05) is 12.6 Å². The maximum absolute atomic E-state index is 10.8. The highest BCUT2D eigenvalue weighted by Gasteiger charge is 2.16. The summed E-state index contributed by atoms with van der Waals surface area (Å²) >= 11 is 0. The zero-order valence-corrected chi connectivity index (χ0v) is 11.7. The second-order valence-electron chi connectivity index (χ2n) is 5.20. The zero-order chi connectivity index (χ0) is 13.2. The normalized spacial score (nSPS) is 23.9. The predicted octanol–water partition coefficient (Wildman–Crippen LogP) is 2.12. The number of ether oxygens (including phenoxy) is 2. The fourth-order valence-electron chi connectivity index (χ4n) is 2.30. The highest BCUT2D eigenvalue weighted by Crippen LogP contribution is 2.23. The van der Waals surface area contributed by atoms with E-state index < -0.39 is 0 Å². The molecule has 0 spiro atoms. The molecule has 0 aromatic carbocycles. The van der Waals surface area contributed by atoms with Gasteiger partial charge in [0.2, 0.25) is 0 Å². The van der Waals surface area contributed by atoms with Crippen molar-refractivity contribution in [3.8, 4) is 0 Å². The Balaban J connectivity index is 1.85. The summed E-state index contributed by atoms with van der Waals surface area (Å²) in [7, 11) is 1.40. The number of carbonyl (C=O) groups is 1. The van der Waals surface area contributed by atoms with Gasteiger partial charge in [-0.15, -0.1) is 0 Å². The maximum atomic E-state index is 10.8. The van der Waals surface area contributed by atoms with Crippen LogP contribution in [0.3, 0.4) is 0 Å². The first kappa shape index (κ1) is 15.4. The molecule has 0 aliphatic heterocycles. The van der Waals surface area contributed by atoms with E-state index in [9.17, 15) is 4.79 Å². The third kappa shape index (κ3) is 6.97. The van der Waals surface area contributed by atoms with Crippen molar-refractivity contribution >= 4 is 5.97 Å². The van der Waals surface area contributed by atoms with Crippen molar-refractivity contribution in [3.05, 3.63) is 0 Å². The Morgan fingerprint density at radius 1 is 1.22 bits per heavy atom. The standard InChI is InChI=1S/C14H27NO3/c1-12-4-6-13(7-5-12)15-9-3-10-18-11-8-14(16)17-2/h12-13,15H,3-11H2,1-2H3. The van der Waals surface area contributed by atoms with Crippen molar-refractivity contribution in [1.82, 2.24) is 5.32 Å². The molecule has 4 heteroatoms. The van der Waals surface area contributed by atoms with Crippen molar-refractivity contribution in [3.63, 3.8) is 0 Å². The number of hydrogen-bond acceptors (Lipinski definition) is 4. The van der Waals surface area contributed by atoms with E-state index in [0.717, 1.165) is 18.9 Å². The molecule has 1 fully saturated rings. The highest BCUT2D eigenvalue weighted by atomic mass is 16.5. The smallest absolute Gasteiger partial charge is 0.307 e. The number of nitrogens with one attached hydrogen (secondary N) is 1. The number of hydrogen-bond donors (Lipinski definition) is 1. The van der Waals surface area contributed by atoms with Crippen LogP contribution in [0.5, 0.6) is 0 Å². The molecule has 0 atom stereocenters. The van der Waals surface area contributed by atoms with E-state index in [4.69, 9.17) is 4.74 Å². The lowest BCUT2D eigenvalue weighted by molar-refractivity contribution is -0.141. The average molecular weight is 257 g/mol. The molecule has 0 unspecified atom stereocenters. The third-order valence-corrected chi connectivity index (χ3v) is 3.59. The van der Waals surface area contributed by atoms with Gasteiger partial charge in [0.25, 0.3) is 0 Å². The molecule has 0 radical (unpaired) electrons. The van der Waals surface area contributed by atoms with Crippen LogP contribution < -0.4 is 5.32 Å². The van der Waals surface area contributed by atoms with Crippen LogP contribution in [0.1, 0.15) is 45.4 Å². The van der Waals surface area contributed by atoms with Crippen LogP contribution in [0, 0.1) is 5.92 Å². The van der Waals surface area contributed by atoms with Crippen molar-refractivity contribution < 1.29 is 14.3 Å². The second kappa shape index (κ2) is 9.34. The summed E-state index contributed by atoms with van der Waals surface area (Å²) in [6.07, 6.45) is 6.69. The Morgan fingerprint density at radius 3 is 2.61 bits per heavy atom.